The lowest BCUT2D eigenvalue weighted by Gasteiger charge is -2.29. The largest absolute Gasteiger partial charge is 0.368 e. The summed E-state index contributed by atoms with van der Waals surface area (Å²) in [7, 11) is 0. The van der Waals surface area contributed by atoms with Crippen LogP contribution in [0.2, 0.25) is 0 Å². The van der Waals surface area contributed by atoms with Gasteiger partial charge in [0.05, 0.1) is 5.71 Å². The molecule has 1 atom stereocenters. The average molecular weight is 227 g/mol. The van der Waals surface area contributed by atoms with E-state index in [1.54, 1.807) is 0 Å². The number of nitrogens with one attached hydrogen (secondary N) is 2. The van der Waals surface area contributed by atoms with Crippen molar-refractivity contribution in [3.8, 4) is 0 Å². The van der Waals surface area contributed by atoms with Gasteiger partial charge in [-0.3, -0.25) is 5.43 Å². The number of allylic oxidation sites excluding steroid dienone is 2. The first-order valence-corrected chi connectivity index (χ1v) is 5.98. The van der Waals surface area contributed by atoms with Gasteiger partial charge in [0, 0.05) is 22.5 Å². The van der Waals surface area contributed by atoms with Crippen LogP contribution in [-0.2, 0) is 0 Å². The minimum absolute atomic E-state index is 0.695. The van der Waals surface area contributed by atoms with Gasteiger partial charge in [-0.2, -0.15) is 5.10 Å². The summed E-state index contributed by atoms with van der Waals surface area (Å²) in [6.07, 6.45) is 2.66. The molecule has 4 nitrogen and oxygen atoms in total. The van der Waals surface area contributed by atoms with Crippen LogP contribution in [0.1, 0.15) is 36.6 Å². The Labute approximate surface area is 99.0 Å². The van der Waals surface area contributed by atoms with Gasteiger partial charge in [0.2, 0.25) is 0 Å². The summed E-state index contributed by atoms with van der Waals surface area (Å²) in [5, 5.41) is 17.7. The number of fused-ring (bicyclic) bond motifs is 1. The summed E-state index contributed by atoms with van der Waals surface area (Å²) in [6.45, 7) is 0. The third-order valence-corrected chi connectivity index (χ3v) is 3.72. The van der Waals surface area contributed by atoms with E-state index in [2.05, 4.69) is 21.9 Å². The standard InChI is InChI=1S/C13H13N3O/c17-13-8-4-2-6-10-11(8)12(15-16-13)7-3-1-5-9(7)14-10/h2,4,6,13-14,16-17H,1,3,5H2. The van der Waals surface area contributed by atoms with Gasteiger partial charge in [0.25, 0.3) is 0 Å². The van der Waals surface area contributed by atoms with Crippen LogP contribution in [0.5, 0.6) is 0 Å². The topological polar surface area (TPSA) is 56.6 Å². The third-order valence-electron chi connectivity index (χ3n) is 3.72. The minimum atomic E-state index is -0.695. The molecule has 2 aliphatic heterocycles. The Morgan fingerprint density at radius 1 is 1.29 bits per heavy atom. The first-order valence-electron chi connectivity index (χ1n) is 5.98. The summed E-state index contributed by atoms with van der Waals surface area (Å²) in [4.78, 5) is 0. The van der Waals surface area contributed by atoms with Crippen molar-refractivity contribution >= 4 is 11.4 Å². The highest BCUT2D eigenvalue weighted by Crippen LogP contribution is 2.40. The fourth-order valence-corrected chi connectivity index (χ4v) is 2.94. The quantitative estimate of drug-likeness (QED) is 0.634. The molecule has 4 heteroatoms. The Morgan fingerprint density at radius 3 is 3.18 bits per heavy atom. The van der Waals surface area contributed by atoms with E-state index >= 15 is 0 Å². The maximum Gasteiger partial charge on any atom is 0.166 e. The molecule has 1 unspecified atom stereocenters. The molecule has 0 spiro atoms. The highest BCUT2D eigenvalue weighted by Gasteiger charge is 2.32. The van der Waals surface area contributed by atoms with E-state index in [1.807, 2.05) is 12.1 Å². The van der Waals surface area contributed by atoms with Gasteiger partial charge in [-0.25, -0.2) is 0 Å². The van der Waals surface area contributed by atoms with Crippen LogP contribution in [0.25, 0.3) is 0 Å². The molecule has 1 aliphatic carbocycles. The Hall–Kier alpha value is -1.81. The van der Waals surface area contributed by atoms with E-state index in [1.165, 1.54) is 17.7 Å². The van der Waals surface area contributed by atoms with Crippen molar-refractivity contribution in [2.45, 2.75) is 25.5 Å². The summed E-state index contributed by atoms with van der Waals surface area (Å²) in [5.74, 6) is 0. The molecular weight excluding hydrogens is 214 g/mol. The molecule has 17 heavy (non-hydrogen) atoms. The number of hydrazone groups is 1. The average Bonchev–Trinajstić information content (AvgIpc) is 2.81. The maximum absolute atomic E-state index is 9.90. The van der Waals surface area contributed by atoms with E-state index in [9.17, 15) is 5.11 Å². The third kappa shape index (κ3) is 1.13. The van der Waals surface area contributed by atoms with Crippen molar-refractivity contribution < 1.29 is 5.11 Å². The number of nitrogens with zero attached hydrogens (tertiary/aromatic N) is 1. The van der Waals surface area contributed by atoms with Gasteiger partial charge in [-0.15, -0.1) is 0 Å². The molecule has 2 heterocycles. The van der Waals surface area contributed by atoms with Crippen molar-refractivity contribution in [2.75, 3.05) is 5.32 Å². The number of aliphatic hydroxyl groups excluding tert-OH is 1. The van der Waals surface area contributed by atoms with Crippen LogP contribution in [0.3, 0.4) is 0 Å². The van der Waals surface area contributed by atoms with E-state index in [-0.39, 0.29) is 0 Å². The highest BCUT2D eigenvalue weighted by molar-refractivity contribution is 6.19. The van der Waals surface area contributed by atoms with Crippen LogP contribution < -0.4 is 10.7 Å². The summed E-state index contributed by atoms with van der Waals surface area (Å²) in [5.41, 5.74) is 9.48. The Bertz CT molecular complexity index is 574. The molecule has 1 aromatic carbocycles. The molecule has 0 radical (unpaired) electrons. The fourth-order valence-electron chi connectivity index (χ4n) is 2.94. The van der Waals surface area contributed by atoms with Gasteiger partial charge in [-0.05, 0) is 30.9 Å². The van der Waals surface area contributed by atoms with Crippen LogP contribution in [0, 0.1) is 0 Å². The van der Waals surface area contributed by atoms with Gasteiger partial charge in [0.15, 0.2) is 6.23 Å². The number of hydrogen-bond donors (Lipinski definition) is 3. The molecule has 0 aromatic heterocycles. The number of anilines is 1. The zero-order chi connectivity index (χ0) is 11.4. The van der Waals surface area contributed by atoms with Crippen molar-refractivity contribution in [1.82, 2.24) is 5.43 Å². The second-order valence-electron chi connectivity index (χ2n) is 4.70. The second kappa shape index (κ2) is 3.11. The molecule has 1 aromatic rings. The summed E-state index contributed by atoms with van der Waals surface area (Å²) < 4.78 is 0. The minimum Gasteiger partial charge on any atom is -0.368 e. The van der Waals surface area contributed by atoms with E-state index in [4.69, 9.17) is 0 Å². The zero-order valence-corrected chi connectivity index (χ0v) is 9.33. The molecule has 86 valence electrons. The zero-order valence-electron chi connectivity index (χ0n) is 9.33. The highest BCUT2D eigenvalue weighted by atomic mass is 16.3. The van der Waals surface area contributed by atoms with E-state index in [0.717, 1.165) is 35.4 Å². The van der Waals surface area contributed by atoms with E-state index < -0.39 is 6.23 Å². The van der Waals surface area contributed by atoms with Crippen LogP contribution >= 0.6 is 0 Å². The van der Waals surface area contributed by atoms with Gasteiger partial charge in [-0.1, -0.05) is 12.1 Å². The predicted molar refractivity (Wildman–Crippen MR) is 65.6 cm³/mol. The number of benzene rings is 1. The van der Waals surface area contributed by atoms with Crippen LogP contribution in [0.4, 0.5) is 5.69 Å². The molecular formula is C13H13N3O. The molecule has 0 amide bonds. The lowest BCUT2D eigenvalue weighted by molar-refractivity contribution is 0.138. The fraction of sp³-hybridized carbons (Fsp3) is 0.308. The first kappa shape index (κ1) is 9.24. The number of rotatable bonds is 0. The molecule has 3 N–H and O–H groups in total. The monoisotopic (exact) mass is 227 g/mol. The van der Waals surface area contributed by atoms with Crippen LogP contribution in [-0.4, -0.2) is 10.8 Å². The van der Waals surface area contributed by atoms with E-state index in [0.29, 0.717) is 0 Å². The molecule has 0 bridgehead atoms. The Balaban J connectivity index is 1.99. The summed E-state index contributed by atoms with van der Waals surface area (Å²) >= 11 is 0. The van der Waals surface area contributed by atoms with Gasteiger partial charge in [0.1, 0.15) is 0 Å². The number of hydrogen-bond acceptors (Lipinski definition) is 4. The normalized spacial score (nSPS) is 24.5. The molecule has 0 saturated heterocycles. The Kier molecular flexibility index (Phi) is 1.69. The van der Waals surface area contributed by atoms with Crippen LogP contribution in [0.15, 0.2) is 34.6 Å². The Morgan fingerprint density at radius 2 is 2.24 bits per heavy atom. The lowest BCUT2D eigenvalue weighted by Crippen LogP contribution is -2.30. The maximum atomic E-state index is 9.90. The number of aliphatic hydroxyl groups is 1. The van der Waals surface area contributed by atoms with Gasteiger partial charge >= 0.3 is 0 Å². The van der Waals surface area contributed by atoms with Gasteiger partial charge < -0.3 is 10.4 Å². The van der Waals surface area contributed by atoms with Crippen molar-refractivity contribution in [3.63, 3.8) is 0 Å². The predicted octanol–water partition coefficient (Wildman–Crippen LogP) is 1.85. The first-order chi connectivity index (χ1) is 8.34. The van der Waals surface area contributed by atoms with Crippen molar-refractivity contribution in [2.24, 2.45) is 5.10 Å². The van der Waals surface area contributed by atoms with Crippen molar-refractivity contribution in [3.05, 3.63) is 40.6 Å². The molecule has 4 rings (SSSR count). The second-order valence-corrected chi connectivity index (χ2v) is 4.70. The lowest BCUT2D eigenvalue weighted by atomic mass is 9.90. The van der Waals surface area contributed by atoms with Crippen molar-refractivity contribution in [1.29, 1.82) is 0 Å². The smallest absolute Gasteiger partial charge is 0.166 e. The summed E-state index contributed by atoms with van der Waals surface area (Å²) in [6, 6.07) is 5.97. The molecule has 0 saturated carbocycles. The SMILES string of the molecule is OC1NN=C2C3=C(CCC3)Nc3cccc1c32. The molecule has 0 fully saturated rings. The molecule has 3 aliphatic rings.